The average molecular weight is 554 g/mol. The maximum Gasteiger partial charge on any atom is 0.416 e. The molecule has 0 saturated carbocycles. The molecule has 3 aromatic carbocycles. The third-order valence-electron chi connectivity index (χ3n) is 5.74. The van der Waals surface area contributed by atoms with E-state index in [9.17, 15) is 26.4 Å². The van der Waals surface area contributed by atoms with Crippen molar-refractivity contribution in [2.45, 2.75) is 11.1 Å². The van der Waals surface area contributed by atoms with Gasteiger partial charge in [0.1, 0.15) is 5.75 Å². The molecule has 37 heavy (non-hydrogen) atoms. The van der Waals surface area contributed by atoms with Gasteiger partial charge in [-0.1, -0.05) is 23.7 Å². The molecule has 0 aromatic heterocycles. The summed E-state index contributed by atoms with van der Waals surface area (Å²) in [7, 11) is -4.13. The lowest BCUT2D eigenvalue weighted by Crippen LogP contribution is -2.50. The Balaban J connectivity index is 1.30. The second-order valence-corrected chi connectivity index (χ2v) is 10.4. The van der Waals surface area contributed by atoms with Crippen LogP contribution >= 0.6 is 11.6 Å². The Kier molecular flexibility index (Phi) is 7.84. The first-order valence-corrected chi connectivity index (χ1v) is 13.1. The fourth-order valence-corrected chi connectivity index (χ4v) is 5.05. The van der Waals surface area contributed by atoms with Gasteiger partial charge in [-0.15, -0.1) is 0 Å². The van der Waals surface area contributed by atoms with Gasteiger partial charge in [-0.2, -0.15) is 13.2 Å². The van der Waals surface area contributed by atoms with E-state index in [0.717, 1.165) is 23.9 Å². The number of amides is 1. The molecule has 1 aliphatic heterocycles. The lowest BCUT2D eigenvalue weighted by molar-refractivity contribution is -0.137. The van der Waals surface area contributed by atoms with Gasteiger partial charge in [-0.25, -0.2) is 8.42 Å². The molecule has 0 atom stereocenters. The van der Waals surface area contributed by atoms with Crippen molar-refractivity contribution < 1.29 is 31.1 Å². The van der Waals surface area contributed by atoms with Crippen LogP contribution in [0.5, 0.6) is 5.75 Å². The summed E-state index contributed by atoms with van der Waals surface area (Å²) >= 11 is 6.05. The van der Waals surface area contributed by atoms with Gasteiger partial charge in [0.15, 0.2) is 6.61 Å². The number of ether oxygens (including phenoxy) is 1. The highest BCUT2D eigenvalue weighted by Crippen LogP contribution is 2.31. The van der Waals surface area contributed by atoms with E-state index >= 15 is 0 Å². The molecule has 0 spiro atoms. The largest absolute Gasteiger partial charge is 0.484 e. The molecule has 196 valence electrons. The van der Waals surface area contributed by atoms with Gasteiger partial charge in [0, 0.05) is 42.6 Å². The topological polar surface area (TPSA) is 78.9 Å². The van der Waals surface area contributed by atoms with Gasteiger partial charge >= 0.3 is 6.18 Å². The van der Waals surface area contributed by atoms with Crippen LogP contribution in [0, 0.1) is 0 Å². The number of nitrogens with one attached hydrogen (secondary N) is 1. The number of hydrogen-bond acceptors (Lipinski definition) is 5. The molecule has 1 heterocycles. The maximum atomic E-state index is 12.9. The second kappa shape index (κ2) is 10.9. The molecule has 1 amide bonds. The number of anilines is 2. The SMILES string of the molecule is O=C(COc1ccc(S(=O)(=O)Nc2cccc(C(F)(F)F)c2)cc1)N1CCN(c2cccc(Cl)c2)CC1. The number of rotatable bonds is 7. The Morgan fingerprint density at radius 2 is 1.62 bits per heavy atom. The summed E-state index contributed by atoms with van der Waals surface area (Å²) in [5, 5.41) is 0.648. The van der Waals surface area contributed by atoms with E-state index in [1.807, 2.05) is 18.2 Å². The second-order valence-electron chi connectivity index (χ2n) is 8.29. The minimum Gasteiger partial charge on any atom is -0.484 e. The normalized spacial score (nSPS) is 14.4. The molecule has 1 saturated heterocycles. The highest BCUT2D eigenvalue weighted by Gasteiger charge is 2.30. The lowest BCUT2D eigenvalue weighted by Gasteiger charge is -2.36. The third-order valence-corrected chi connectivity index (χ3v) is 7.38. The van der Waals surface area contributed by atoms with E-state index in [1.165, 1.54) is 30.3 Å². The van der Waals surface area contributed by atoms with E-state index in [0.29, 0.717) is 31.2 Å². The van der Waals surface area contributed by atoms with Crippen molar-refractivity contribution in [2.24, 2.45) is 0 Å². The molecule has 0 radical (unpaired) electrons. The van der Waals surface area contributed by atoms with Gasteiger partial charge in [-0.3, -0.25) is 9.52 Å². The monoisotopic (exact) mass is 553 g/mol. The van der Waals surface area contributed by atoms with Crippen LogP contribution in [-0.2, 0) is 21.0 Å². The summed E-state index contributed by atoms with van der Waals surface area (Å²) in [6.07, 6.45) is -4.60. The summed E-state index contributed by atoms with van der Waals surface area (Å²) in [6, 6.07) is 16.7. The molecule has 0 unspecified atom stereocenters. The highest BCUT2D eigenvalue weighted by molar-refractivity contribution is 7.92. The fourth-order valence-electron chi connectivity index (χ4n) is 3.81. The predicted octanol–water partition coefficient (Wildman–Crippen LogP) is 4.89. The summed E-state index contributed by atoms with van der Waals surface area (Å²) in [4.78, 5) is 16.2. The number of halogens is 4. The fraction of sp³-hybridized carbons (Fsp3) is 0.240. The van der Waals surface area contributed by atoms with Gasteiger partial charge in [0.05, 0.1) is 10.5 Å². The molecule has 1 N–H and O–H groups in total. The van der Waals surface area contributed by atoms with Crippen molar-refractivity contribution in [1.82, 2.24) is 4.90 Å². The van der Waals surface area contributed by atoms with Gasteiger partial charge in [0.2, 0.25) is 0 Å². The van der Waals surface area contributed by atoms with Crippen LogP contribution < -0.4 is 14.4 Å². The quantitative estimate of drug-likeness (QED) is 0.451. The van der Waals surface area contributed by atoms with Crippen molar-refractivity contribution >= 4 is 38.9 Å². The Hall–Kier alpha value is -3.44. The zero-order valence-corrected chi connectivity index (χ0v) is 21.0. The van der Waals surface area contributed by atoms with Crippen LogP contribution in [0.3, 0.4) is 0 Å². The average Bonchev–Trinajstić information content (AvgIpc) is 2.87. The van der Waals surface area contributed by atoms with Gasteiger partial charge in [-0.05, 0) is 60.7 Å². The van der Waals surface area contributed by atoms with E-state index in [1.54, 1.807) is 11.0 Å². The van der Waals surface area contributed by atoms with Crippen molar-refractivity contribution in [3.05, 3.63) is 83.4 Å². The number of sulfonamides is 1. The van der Waals surface area contributed by atoms with E-state index < -0.39 is 21.8 Å². The molecule has 0 bridgehead atoms. The first kappa shape index (κ1) is 26.6. The van der Waals surface area contributed by atoms with Crippen LogP contribution in [0.15, 0.2) is 77.7 Å². The molecule has 12 heteroatoms. The number of carbonyl (C=O) groups excluding carboxylic acids is 1. The number of alkyl halides is 3. The number of piperazine rings is 1. The molecule has 0 aliphatic carbocycles. The zero-order chi connectivity index (χ0) is 26.6. The minimum atomic E-state index is -4.60. The summed E-state index contributed by atoms with van der Waals surface area (Å²) in [5.74, 6) is 0.0811. The molecule has 4 rings (SSSR count). The smallest absolute Gasteiger partial charge is 0.416 e. The molecular weight excluding hydrogens is 531 g/mol. The van der Waals surface area contributed by atoms with E-state index in [-0.39, 0.29) is 28.8 Å². The first-order chi connectivity index (χ1) is 17.5. The molecule has 1 fully saturated rings. The van der Waals surface area contributed by atoms with Crippen molar-refractivity contribution in [3.63, 3.8) is 0 Å². The molecular formula is C25H23ClF3N3O4S. The standard InChI is InChI=1S/C25H23ClF3N3O4S/c26-19-4-2-6-21(16-19)31-11-13-32(14-12-31)24(33)17-36-22-7-9-23(10-8-22)37(34,35)30-20-5-1-3-18(15-20)25(27,28)29/h1-10,15-16,30H,11-14,17H2. The molecule has 3 aromatic rings. The maximum absolute atomic E-state index is 12.9. The van der Waals surface area contributed by atoms with Crippen molar-refractivity contribution in [2.75, 3.05) is 42.4 Å². The van der Waals surface area contributed by atoms with Crippen molar-refractivity contribution in [3.8, 4) is 5.75 Å². The Morgan fingerprint density at radius 3 is 2.27 bits per heavy atom. The number of benzene rings is 3. The van der Waals surface area contributed by atoms with Crippen LogP contribution in [0.1, 0.15) is 5.56 Å². The summed E-state index contributed by atoms with van der Waals surface area (Å²) in [5.41, 5.74) is -0.184. The minimum absolute atomic E-state index is 0.166. The highest BCUT2D eigenvalue weighted by atomic mass is 35.5. The number of hydrogen-bond donors (Lipinski definition) is 1. The number of carbonyl (C=O) groups is 1. The molecule has 1 aliphatic rings. The summed E-state index contributed by atoms with van der Waals surface area (Å²) in [6.45, 7) is 2.13. The van der Waals surface area contributed by atoms with Gasteiger partial charge in [0.25, 0.3) is 15.9 Å². The Morgan fingerprint density at radius 1 is 0.946 bits per heavy atom. The number of nitrogens with zero attached hydrogens (tertiary/aromatic N) is 2. The van der Waals surface area contributed by atoms with Crippen LogP contribution in [0.4, 0.5) is 24.5 Å². The Labute approximate surface area is 217 Å². The first-order valence-electron chi connectivity index (χ1n) is 11.2. The Bertz CT molecular complexity index is 1360. The zero-order valence-electron chi connectivity index (χ0n) is 19.4. The molecule has 7 nitrogen and oxygen atoms in total. The third kappa shape index (κ3) is 6.86. The van der Waals surface area contributed by atoms with E-state index in [4.69, 9.17) is 16.3 Å². The van der Waals surface area contributed by atoms with E-state index in [2.05, 4.69) is 9.62 Å². The lowest BCUT2D eigenvalue weighted by atomic mass is 10.2. The van der Waals surface area contributed by atoms with Crippen LogP contribution in [-0.4, -0.2) is 52.0 Å². The van der Waals surface area contributed by atoms with Crippen LogP contribution in [0.2, 0.25) is 5.02 Å². The van der Waals surface area contributed by atoms with Crippen LogP contribution in [0.25, 0.3) is 0 Å². The summed E-state index contributed by atoms with van der Waals surface area (Å²) < 4.78 is 71.5. The predicted molar refractivity (Wildman–Crippen MR) is 134 cm³/mol. The van der Waals surface area contributed by atoms with Crippen molar-refractivity contribution in [1.29, 1.82) is 0 Å². The van der Waals surface area contributed by atoms with Gasteiger partial charge < -0.3 is 14.5 Å².